The van der Waals surface area contributed by atoms with Gasteiger partial charge in [0.1, 0.15) is 5.82 Å². The maximum Gasteiger partial charge on any atom is 0.215 e. The molecule has 3 rings (SSSR count). The van der Waals surface area contributed by atoms with Crippen molar-refractivity contribution in [1.29, 1.82) is 0 Å². The zero-order valence-electron chi connectivity index (χ0n) is 18.8. The van der Waals surface area contributed by atoms with Gasteiger partial charge in [0, 0.05) is 43.8 Å². The maximum atomic E-state index is 5.97. The summed E-state index contributed by atoms with van der Waals surface area (Å²) < 4.78 is 5.30. The summed E-state index contributed by atoms with van der Waals surface area (Å²) in [5.74, 6) is 1.59. The van der Waals surface area contributed by atoms with E-state index in [-0.39, 0.29) is 5.54 Å². The lowest BCUT2D eigenvalue weighted by Crippen LogP contribution is -2.55. The van der Waals surface area contributed by atoms with Crippen molar-refractivity contribution in [2.45, 2.75) is 58.7 Å². The highest BCUT2D eigenvalue weighted by Crippen LogP contribution is 2.36. The predicted octanol–water partition coefficient (Wildman–Crippen LogP) is 4.45. The van der Waals surface area contributed by atoms with Crippen molar-refractivity contribution in [2.24, 2.45) is 0 Å². The van der Waals surface area contributed by atoms with E-state index in [1.54, 1.807) is 7.11 Å². The Balaban J connectivity index is 1.89. The van der Waals surface area contributed by atoms with Crippen LogP contribution in [-0.2, 0) is 6.54 Å². The summed E-state index contributed by atoms with van der Waals surface area (Å²) in [5.41, 5.74) is 10.1. The SMILES string of the molecule is COc1cc(CN2CCN(C(C)(C)C)C(c3ccccc3C(C)C)C2)cc(N)n1. The molecule has 158 valence electrons. The molecule has 0 aliphatic carbocycles. The lowest BCUT2D eigenvalue weighted by molar-refractivity contribution is 0.00553. The Morgan fingerprint density at radius 1 is 1.17 bits per heavy atom. The van der Waals surface area contributed by atoms with Crippen molar-refractivity contribution in [3.8, 4) is 5.88 Å². The molecule has 1 atom stereocenters. The lowest BCUT2D eigenvalue weighted by Gasteiger charge is -2.49. The Bertz CT molecular complexity index is 828. The van der Waals surface area contributed by atoms with Crippen LogP contribution in [0, 0.1) is 0 Å². The van der Waals surface area contributed by atoms with Crippen molar-refractivity contribution in [3.05, 3.63) is 53.1 Å². The van der Waals surface area contributed by atoms with Gasteiger partial charge < -0.3 is 10.5 Å². The van der Waals surface area contributed by atoms with Gasteiger partial charge in [-0.2, -0.15) is 4.98 Å². The average molecular weight is 397 g/mol. The highest BCUT2D eigenvalue weighted by atomic mass is 16.5. The third-order valence-electron chi connectivity index (χ3n) is 5.80. The molecule has 2 aromatic rings. The first-order valence-electron chi connectivity index (χ1n) is 10.6. The summed E-state index contributed by atoms with van der Waals surface area (Å²) in [7, 11) is 1.63. The minimum absolute atomic E-state index is 0.116. The molecule has 5 nitrogen and oxygen atoms in total. The Morgan fingerprint density at radius 2 is 1.90 bits per heavy atom. The summed E-state index contributed by atoms with van der Waals surface area (Å²) in [6, 6.07) is 13.2. The fourth-order valence-corrected chi connectivity index (χ4v) is 4.43. The third kappa shape index (κ3) is 5.09. The third-order valence-corrected chi connectivity index (χ3v) is 5.80. The topological polar surface area (TPSA) is 54.6 Å². The van der Waals surface area contributed by atoms with E-state index in [0.29, 0.717) is 23.7 Å². The van der Waals surface area contributed by atoms with Gasteiger partial charge in [-0.05, 0) is 49.4 Å². The molecule has 0 amide bonds. The van der Waals surface area contributed by atoms with Crippen LogP contribution in [0.1, 0.15) is 63.3 Å². The van der Waals surface area contributed by atoms with E-state index in [2.05, 4.69) is 73.7 Å². The second-order valence-corrected chi connectivity index (χ2v) is 9.34. The minimum Gasteiger partial charge on any atom is -0.481 e. The molecule has 0 spiro atoms. The Kier molecular flexibility index (Phi) is 6.49. The number of rotatable bonds is 5. The van der Waals surface area contributed by atoms with Gasteiger partial charge in [0.2, 0.25) is 5.88 Å². The van der Waals surface area contributed by atoms with Crippen molar-refractivity contribution >= 4 is 5.82 Å². The van der Waals surface area contributed by atoms with Gasteiger partial charge in [-0.25, -0.2) is 0 Å². The molecule has 1 aliphatic rings. The van der Waals surface area contributed by atoms with Crippen molar-refractivity contribution in [3.63, 3.8) is 0 Å². The van der Waals surface area contributed by atoms with Crippen LogP contribution in [0.25, 0.3) is 0 Å². The first-order valence-corrected chi connectivity index (χ1v) is 10.6. The molecule has 29 heavy (non-hydrogen) atoms. The van der Waals surface area contributed by atoms with Crippen LogP contribution in [0.3, 0.4) is 0 Å². The number of ether oxygens (including phenoxy) is 1. The predicted molar refractivity (Wildman–Crippen MR) is 120 cm³/mol. The van der Waals surface area contributed by atoms with Crippen molar-refractivity contribution < 1.29 is 4.74 Å². The van der Waals surface area contributed by atoms with Gasteiger partial charge in [0.05, 0.1) is 7.11 Å². The zero-order chi connectivity index (χ0) is 21.2. The molecule has 2 N–H and O–H groups in total. The normalized spacial score (nSPS) is 18.9. The lowest BCUT2D eigenvalue weighted by atomic mass is 9.88. The van der Waals surface area contributed by atoms with E-state index in [0.717, 1.165) is 31.7 Å². The van der Waals surface area contributed by atoms with Gasteiger partial charge in [-0.1, -0.05) is 38.1 Å². The molecular formula is C24H36N4O. The minimum atomic E-state index is 0.116. The monoisotopic (exact) mass is 396 g/mol. The van der Waals surface area contributed by atoms with Crippen LogP contribution in [0.15, 0.2) is 36.4 Å². The number of nitrogens with zero attached hydrogens (tertiary/aromatic N) is 3. The second-order valence-electron chi connectivity index (χ2n) is 9.34. The fraction of sp³-hybridized carbons (Fsp3) is 0.542. The number of aromatic nitrogens is 1. The van der Waals surface area contributed by atoms with Crippen LogP contribution < -0.4 is 10.5 Å². The Hall–Kier alpha value is -2.11. The van der Waals surface area contributed by atoms with Crippen LogP contribution in [0.2, 0.25) is 0 Å². The van der Waals surface area contributed by atoms with E-state index in [1.165, 1.54) is 11.1 Å². The van der Waals surface area contributed by atoms with Gasteiger partial charge in [-0.3, -0.25) is 9.80 Å². The quantitative estimate of drug-likeness (QED) is 0.809. The molecule has 1 unspecified atom stereocenters. The van der Waals surface area contributed by atoms with Crippen LogP contribution in [0.5, 0.6) is 5.88 Å². The molecule has 1 fully saturated rings. The fourth-order valence-electron chi connectivity index (χ4n) is 4.43. The number of anilines is 1. The number of pyridine rings is 1. The summed E-state index contributed by atoms with van der Waals surface area (Å²) in [5, 5.41) is 0. The van der Waals surface area contributed by atoms with Gasteiger partial charge >= 0.3 is 0 Å². The maximum absolute atomic E-state index is 5.97. The van der Waals surface area contributed by atoms with Crippen LogP contribution in [-0.4, -0.2) is 47.1 Å². The summed E-state index contributed by atoms with van der Waals surface area (Å²) in [4.78, 5) is 9.40. The average Bonchev–Trinajstić information content (AvgIpc) is 2.66. The van der Waals surface area contributed by atoms with Gasteiger partial charge in [0.25, 0.3) is 0 Å². The van der Waals surface area contributed by atoms with Gasteiger partial charge in [0.15, 0.2) is 0 Å². The highest BCUT2D eigenvalue weighted by molar-refractivity contribution is 5.37. The van der Waals surface area contributed by atoms with E-state index >= 15 is 0 Å². The number of hydrogen-bond donors (Lipinski definition) is 1. The molecule has 0 bridgehead atoms. The summed E-state index contributed by atoms with van der Waals surface area (Å²) >= 11 is 0. The van der Waals surface area contributed by atoms with E-state index in [4.69, 9.17) is 10.5 Å². The molecular weight excluding hydrogens is 360 g/mol. The van der Waals surface area contributed by atoms with E-state index in [9.17, 15) is 0 Å². The van der Waals surface area contributed by atoms with Crippen molar-refractivity contribution in [1.82, 2.24) is 14.8 Å². The zero-order valence-corrected chi connectivity index (χ0v) is 18.8. The molecule has 0 radical (unpaired) electrons. The van der Waals surface area contributed by atoms with E-state index < -0.39 is 0 Å². The number of hydrogen-bond acceptors (Lipinski definition) is 5. The molecule has 2 heterocycles. The molecule has 5 heteroatoms. The molecule has 1 aromatic heterocycles. The van der Waals surface area contributed by atoms with Gasteiger partial charge in [-0.15, -0.1) is 0 Å². The number of methoxy groups -OCH3 is 1. The summed E-state index contributed by atoms with van der Waals surface area (Å²) in [6.45, 7) is 15.4. The number of benzene rings is 1. The van der Waals surface area contributed by atoms with Crippen LogP contribution in [0.4, 0.5) is 5.82 Å². The molecule has 1 aliphatic heterocycles. The second kappa shape index (κ2) is 8.72. The Morgan fingerprint density at radius 3 is 2.55 bits per heavy atom. The first-order chi connectivity index (χ1) is 13.7. The highest BCUT2D eigenvalue weighted by Gasteiger charge is 2.36. The Labute approximate surface area is 175 Å². The number of piperazine rings is 1. The first kappa shape index (κ1) is 21.6. The number of nitrogen functional groups attached to an aromatic ring is 1. The van der Waals surface area contributed by atoms with Crippen molar-refractivity contribution in [2.75, 3.05) is 32.5 Å². The van der Waals surface area contributed by atoms with Crippen LogP contribution >= 0.6 is 0 Å². The molecule has 1 aromatic carbocycles. The molecule has 0 saturated carbocycles. The standard InChI is InChI=1S/C24H36N4O/c1-17(2)19-9-7-8-10-20(19)21-16-27(11-12-28(21)24(3,4)5)15-18-13-22(25)26-23(14-18)29-6/h7-10,13-14,17,21H,11-12,15-16H2,1-6H3,(H2,25,26). The largest absolute Gasteiger partial charge is 0.481 e. The smallest absolute Gasteiger partial charge is 0.215 e. The summed E-state index contributed by atoms with van der Waals surface area (Å²) in [6.07, 6.45) is 0. The molecule has 1 saturated heterocycles. The number of nitrogens with two attached hydrogens (primary N) is 1. The van der Waals surface area contributed by atoms with E-state index in [1.807, 2.05) is 12.1 Å².